The molecule has 1 aromatic rings. The number of β-lactam (4-membered cyclic amide) rings is 1. The van der Waals surface area contributed by atoms with Gasteiger partial charge in [-0.05, 0) is 24.6 Å². The summed E-state index contributed by atoms with van der Waals surface area (Å²) in [6, 6.07) is 4.50. The lowest BCUT2D eigenvalue weighted by Gasteiger charge is -2.40. The van der Waals surface area contributed by atoms with E-state index in [1.54, 1.807) is 0 Å². The van der Waals surface area contributed by atoms with Gasteiger partial charge in [0.25, 0.3) is 11.5 Å². The molecule has 0 bridgehead atoms. The van der Waals surface area contributed by atoms with Crippen LogP contribution in [0.3, 0.4) is 0 Å². The molecule has 4 atom stereocenters. The highest BCUT2D eigenvalue weighted by Gasteiger charge is 2.50. The minimum Gasteiger partial charge on any atom is -0.452 e. The summed E-state index contributed by atoms with van der Waals surface area (Å²) >= 11 is 0. The molecule has 28 heavy (non-hydrogen) atoms. The Bertz CT molecular complexity index is 859. The first kappa shape index (κ1) is 20.9. The van der Waals surface area contributed by atoms with Crippen LogP contribution in [0, 0.1) is 22.0 Å². The van der Waals surface area contributed by atoms with Crippen molar-refractivity contribution < 1.29 is 33.9 Å². The lowest BCUT2D eigenvalue weighted by molar-refractivity contribution is -0.384. The van der Waals surface area contributed by atoms with Gasteiger partial charge in [-0.2, -0.15) is 4.79 Å². The number of nitrogens with zero attached hydrogens (tertiary/aromatic N) is 3. The molecule has 2 rings (SSSR count). The Kier molecular flexibility index (Phi) is 6.34. The number of non-ortho nitro benzene ring substituents is 1. The average molecular weight is 390 g/mol. The largest absolute Gasteiger partial charge is 0.452 e. The summed E-state index contributed by atoms with van der Waals surface area (Å²) in [5.41, 5.74) is 8.51. The molecule has 0 aliphatic carbocycles. The average Bonchev–Trinajstić information content (AvgIpc) is 2.63. The maximum Gasteiger partial charge on any atom is 0.441 e. The second-order valence-electron chi connectivity index (χ2n) is 6.40. The molecule has 1 fully saturated rings. The van der Waals surface area contributed by atoms with Gasteiger partial charge in [-0.15, -0.1) is 0 Å². The van der Waals surface area contributed by atoms with Gasteiger partial charge in [0.2, 0.25) is 5.91 Å². The van der Waals surface area contributed by atoms with Crippen LogP contribution in [-0.2, 0) is 25.7 Å². The molecule has 2 N–H and O–H groups in total. The molecule has 1 amide bonds. The molecule has 0 radical (unpaired) electrons. The van der Waals surface area contributed by atoms with E-state index >= 15 is 0 Å². The Labute approximate surface area is 159 Å². The predicted molar refractivity (Wildman–Crippen MR) is 92.8 cm³/mol. The summed E-state index contributed by atoms with van der Waals surface area (Å²) in [5, 5.41) is 22.7. The number of hydrogen-bond donors (Lipinski definition) is 2. The third kappa shape index (κ3) is 4.27. The monoisotopic (exact) mass is 390 g/mol. The highest BCUT2D eigenvalue weighted by atomic mass is 16.6. The molecule has 1 saturated heterocycles. The van der Waals surface area contributed by atoms with Crippen molar-refractivity contribution >= 4 is 29.1 Å². The summed E-state index contributed by atoms with van der Waals surface area (Å²) in [4.78, 5) is 48.8. The van der Waals surface area contributed by atoms with E-state index in [0.29, 0.717) is 5.56 Å². The molecule has 1 unspecified atom stereocenters. The summed E-state index contributed by atoms with van der Waals surface area (Å²) in [5.74, 6) is -4.20. The maximum atomic E-state index is 12.5. The Hall–Kier alpha value is -3.43. The molecule has 148 valence electrons. The first-order valence-corrected chi connectivity index (χ1v) is 8.32. The van der Waals surface area contributed by atoms with E-state index in [-0.39, 0.29) is 12.3 Å². The molecule has 1 heterocycles. The number of Topliss-reactive ketones (excluding diaryl/α,β-unsaturated/α-hetero) is 1. The highest BCUT2D eigenvalue weighted by molar-refractivity contribution is 6.62. The maximum absolute atomic E-state index is 12.5. The van der Waals surface area contributed by atoms with E-state index in [1.807, 2.05) is 0 Å². The third-order valence-corrected chi connectivity index (χ3v) is 4.51. The smallest absolute Gasteiger partial charge is 0.441 e. The molecule has 1 aliphatic heterocycles. The van der Waals surface area contributed by atoms with E-state index in [2.05, 4.69) is 10.1 Å². The number of nitrogens with one attached hydrogen (secondary N) is 1. The van der Waals surface area contributed by atoms with Crippen molar-refractivity contribution in [3.63, 3.8) is 0 Å². The summed E-state index contributed by atoms with van der Waals surface area (Å²) in [6.45, 7) is 2.54. The van der Waals surface area contributed by atoms with Gasteiger partial charge in [0, 0.05) is 18.1 Å². The minimum atomic E-state index is -1.18. The second-order valence-corrected chi connectivity index (χ2v) is 6.40. The Balaban J connectivity index is 2.00. The fourth-order valence-electron chi connectivity index (χ4n) is 2.87. The van der Waals surface area contributed by atoms with Crippen molar-refractivity contribution in [2.24, 2.45) is 11.8 Å². The van der Waals surface area contributed by atoms with Crippen LogP contribution in [-0.4, -0.2) is 50.3 Å². The molecule has 0 spiro atoms. The molecule has 11 heteroatoms. The van der Waals surface area contributed by atoms with Crippen LogP contribution in [0.15, 0.2) is 24.3 Å². The molecule has 1 aromatic carbocycles. The molecule has 11 nitrogen and oxygen atoms in total. The Morgan fingerprint density at radius 3 is 2.43 bits per heavy atom. The number of aliphatic hydroxyl groups excluding tert-OH is 1. The number of amides is 1. The van der Waals surface area contributed by atoms with Crippen LogP contribution in [0.5, 0.6) is 0 Å². The fraction of sp³-hybridized carbons (Fsp3) is 0.412. The van der Waals surface area contributed by atoms with Crippen LogP contribution >= 0.6 is 0 Å². The van der Waals surface area contributed by atoms with Crippen molar-refractivity contribution in [3.8, 4) is 0 Å². The van der Waals surface area contributed by atoms with Gasteiger partial charge in [0.15, 0.2) is 0 Å². The fourth-order valence-corrected chi connectivity index (χ4v) is 2.87. The number of aliphatic hydroxyl groups is 1. The molecule has 0 aromatic heterocycles. The second kappa shape index (κ2) is 8.51. The van der Waals surface area contributed by atoms with Gasteiger partial charge in [-0.25, -0.2) is 4.79 Å². The van der Waals surface area contributed by atoms with Gasteiger partial charge < -0.3 is 20.7 Å². The quantitative estimate of drug-likeness (QED) is 0.0919. The van der Waals surface area contributed by atoms with Crippen LogP contribution in [0.1, 0.15) is 19.4 Å². The van der Waals surface area contributed by atoms with Crippen molar-refractivity contribution in [1.82, 2.24) is 5.32 Å². The van der Waals surface area contributed by atoms with Crippen molar-refractivity contribution in [1.29, 1.82) is 0 Å². The van der Waals surface area contributed by atoms with Gasteiger partial charge in [-0.1, -0.05) is 6.92 Å². The molecular formula is C17H18N4O7. The summed E-state index contributed by atoms with van der Waals surface area (Å²) < 4.78 is 4.92. The molecular weight excluding hydrogens is 372 g/mol. The number of benzene rings is 1. The van der Waals surface area contributed by atoms with Gasteiger partial charge in [-0.3, -0.25) is 19.7 Å². The SMILES string of the molecule is C[C@@H](O)C1C(=O)N[C@@H]1[C@@H](C)C(=O)C(=[N+]=[N-])C(=O)OCc1ccc([N+](=O)[O-])cc1. The topological polar surface area (TPSA) is 172 Å². The first-order chi connectivity index (χ1) is 13.2. The molecule has 0 saturated carbocycles. The van der Waals surface area contributed by atoms with Crippen molar-refractivity contribution in [2.75, 3.05) is 0 Å². The standard InChI is InChI=1S/C17H18N4O7/c1-8(13-12(9(2)22)16(24)19-13)15(23)14(20-18)17(25)28-7-10-3-5-11(6-4-10)21(26)27/h3-6,8-9,12-13,22H,7H2,1-2H3,(H,19,24)/t8-,9-,12?,13-/m1/s1. The number of ketones is 1. The van der Waals surface area contributed by atoms with E-state index in [1.165, 1.54) is 38.1 Å². The molecule has 1 aliphatic rings. The minimum absolute atomic E-state index is 0.132. The van der Waals surface area contributed by atoms with Crippen LogP contribution in [0.25, 0.3) is 5.53 Å². The summed E-state index contributed by atoms with van der Waals surface area (Å²) in [6.07, 6.45) is -0.988. The number of nitro groups is 1. The summed E-state index contributed by atoms with van der Waals surface area (Å²) in [7, 11) is 0. The first-order valence-electron chi connectivity index (χ1n) is 8.32. The lowest BCUT2D eigenvalue weighted by Crippen LogP contribution is -2.66. The van der Waals surface area contributed by atoms with E-state index < -0.39 is 52.3 Å². The van der Waals surface area contributed by atoms with Crippen LogP contribution in [0.4, 0.5) is 5.69 Å². The normalized spacial score (nSPS) is 20.0. The Morgan fingerprint density at radius 2 is 1.96 bits per heavy atom. The lowest BCUT2D eigenvalue weighted by atomic mass is 9.76. The third-order valence-electron chi connectivity index (χ3n) is 4.51. The Morgan fingerprint density at radius 1 is 1.36 bits per heavy atom. The number of esters is 1. The number of carbonyl (C=O) groups is 3. The predicted octanol–water partition coefficient (Wildman–Crippen LogP) is 0.00940. The van der Waals surface area contributed by atoms with Gasteiger partial charge >= 0.3 is 11.7 Å². The van der Waals surface area contributed by atoms with Crippen LogP contribution < -0.4 is 5.32 Å². The van der Waals surface area contributed by atoms with E-state index in [4.69, 9.17) is 10.3 Å². The number of hydrogen-bond acceptors (Lipinski definition) is 7. The van der Waals surface area contributed by atoms with Crippen LogP contribution in [0.2, 0.25) is 0 Å². The number of ether oxygens (including phenoxy) is 1. The van der Waals surface area contributed by atoms with Gasteiger partial charge in [0.05, 0.1) is 23.0 Å². The van der Waals surface area contributed by atoms with E-state index in [9.17, 15) is 29.6 Å². The number of rotatable bonds is 8. The number of nitro benzene ring substituents is 1. The van der Waals surface area contributed by atoms with Crippen molar-refractivity contribution in [2.45, 2.75) is 32.6 Å². The van der Waals surface area contributed by atoms with Gasteiger partial charge in [0.1, 0.15) is 6.61 Å². The highest BCUT2D eigenvalue weighted by Crippen LogP contribution is 2.26. The zero-order chi connectivity index (χ0) is 21.0. The van der Waals surface area contributed by atoms with Crippen molar-refractivity contribution in [3.05, 3.63) is 45.5 Å². The number of carbonyl (C=O) groups excluding carboxylic acids is 3. The van der Waals surface area contributed by atoms with E-state index in [0.717, 1.165) is 0 Å². The zero-order valence-corrected chi connectivity index (χ0v) is 15.1. The zero-order valence-electron chi connectivity index (χ0n) is 15.1.